The fourth-order valence-corrected chi connectivity index (χ4v) is 3.09. The van der Waals surface area contributed by atoms with Gasteiger partial charge in [-0.15, -0.1) is 0 Å². The average Bonchev–Trinajstić information content (AvgIpc) is 2.62. The Balaban J connectivity index is 1.72. The summed E-state index contributed by atoms with van der Waals surface area (Å²) in [5.74, 6) is -1.57. The van der Waals surface area contributed by atoms with Gasteiger partial charge in [0.15, 0.2) is 0 Å². The summed E-state index contributed by atoms with van der Waals surface area (Å²) >= 11 is 0. The average molecular weight is 323 g/mol. The van der Waals surface area contributed by atoms with Crippen molar-refractivity contribution < 1.29 is 14.7 Å². The summed E-state index contributed by atoms with van der Waals surface area (Å²) in [5, 5.41) is 11.2. The smallest absolute Gasteiger partial charge is 0.254 e. The van der Waals surface area contributed by atoms with Gasteiger partial charge in [0.2, 0.25) is 0 Å². The van der Waals surface area contributed by atoms with Crippen molar-refractivity contribution in [1.29, 1.82) is 0 Å². The first-order chi connectivity index (χ1) is 11.6. The van der Waals surface area contributed by atoms with E-state index in [-0.39, 0.29) is 17.0 Å². The second-order valence-corrected chi connectivity index (χ2v) is 5.90. The maximum Gasteiger partial charge on any atom is 0.254 e. The first-order valence-electron chi connectivity index (χ1n) is 7.98. The molecule has 0 aliphatic carbocycles. The van der Waals surface area contributed by atoms with Crippen molar-refractivity contribution in [3.8, 4) is 0 Å². The molecule has 3 rings (SSSR count). The van der Waals surface area contributed by atoms with Gasteiger partial charge in [-0.3, -0.25) is 4.79 Å². The quantitative estimate of drug-likeness (QED) is 0.855. The van der Waals surface area contributed by atoms with Crippen LogP contribution in [0.5, 0.6) is 0 Å². The molecule has 0 unspecified atom stereocenters. The highest BCUT2D eigenvalue weighted by molar-refractivity contribution is 6.04. The third kappa shape index (κ3) is 3.11. The van der Waals surface area contributed by atoms with Crippen LogP contribution < -0.4 is 10.0 Å². The van der Waals surface area contributed by atoms with Gasteiger partial charge in [0, 0.05) is 43.0 Å². The van der Waals surface area contributed by atoms with Crippen molar-refractivity contribution in [3.05, 3.63) is 65.2 Å². The van der Waals surface area contributed by atoms with E-state index in [0.717, 1.165) is 13.1 Å². The molecule has 1 fully saturated rings. The second-order valence-electron chi connectivity index (χ2n) is 5.90. The van der Waals surface area contributed by atoms with Crippen LogP contribution in [0.25, 0.3) is 0 Å². The topological polar surface area (TPSA) is 63.7 Å². The van der Waals surface area contributed by atoms with Crippen molar-refractivity contribution in [2.45, 2.75) is 6.92 Å². The lowest BCUT2D eigenvalue weighted by Crippen LogP contribution is -2.49. The van der Waals surface area contributed by atoms with Crippen molar-refractivity contribution in [2.75, 3.05) is 31.1 Å². The molecule has 0 N–H and O–H groups in total. The zero-order chi connectivity index (χ0) is 17.1. The molecule has 1 heterocycles. The van der Waals surface area contributed by atoms with Gasteiger partial charge in [0.05, 0.1) is 5.97 Å². The van der Waals surface area contributed by atoms with Crippen molar-refractivity contribution in [3.63, 3.8) is 0 Å². The number of carbonyl (C=O) groups is 2. The number of carboxylic acid groups (broad SMARTS) is 1. The molecule has 0 aromatic heterocycles. The zero-order valence-corrected chi connectivity index (χ0v) is 13.6. The predicted molar refractivity (Wildman–Crippen MR) is 90.1 cm³/mol. The lowest BCUT2D eigenvalue weighted by molar-refractivity contribution is -0.255. The highest BCUT2D eigenvalue weighted by Gasteiger charge is 2.24. The number of aryl methyl sites for hydroxylation is 1. The number of amides is 1. The number of para-hydroxylation sites is 1. The largest absolute Gasteiger partial charge is 0.545 e. The van der Waals surface area contributed by atoms with E-state index in [0.29, 0.717) is 13.1 Å². The molecule has 0 saturated carbocycles. The van der Waals surface area contributed by atoms with Gasteiger partial charge in [0.25, 0.3) is 5.91 Å². The summed E-state index contributed by atoms with van der Waals surface area (Å²) in [6.45, 7) is 4.65. The van der Waals surface area contributed by atoms with E-state index in [1.165, 1.54) is 17.3 Å². The third-order valence-electron chi connectivity index (χ3n) is 4.40. The number of carbonyl (C=O) groups excluding carboxylic acids is 2. The van der Waals surface area contributed by atoms with E-state index in [4.69, 9.17) is 0 Å². The molecule has 5 heteroatoms. The van der Waals surface area contributed by atoms with Crippen LogP contribution in [-0.4, -0.2) is 43.0 Å². The molecule has 5 nitrogen and oxygen atoms in total. The summed E-state index contributed by atoms with van der Waals surface area (Å²) in [6, 6.07) is 14.4. The van der Waals surface area contributed by atoms with E-state index in [1.807, 2.05) is 12.1 Å². The van der Waals surface area contributed by atoms with Crippen LogP contribution in [-0.2, 0) is 0 Å². The summed E-state index contributed by atoms with van der Waals surface area (Å²) in [5.41, 5.74) is 2.53. The molecule has 1 amide bonds. The fourth-order valence-electron chi connectivity index (χ4n) is 3.09. The van der Waals surface area contributed by atoms with Crippen LogP contribution in [0.2, 0.25) is 0 Å². The lowest BCUT2D eigenvalue weighted by atomic mass is 10.1. The normalized spacial score (nSPS) is 14.5. The van der Waals surface area contributed by atoms with E-state index >= 15 is 0 Å². The molecule has 1 aliphatic heterocycles. The van der Waals surface area contributed by atoms with Crippen LogP contribution in [0.3, 0.4) is 0 Å². The van der Waals surface area contributed by atoms with E-state index < -0.39 is 5.97 Å². The van der Waals surface area contributed by atoms with Crippen molar-refractivity contribution in [2.24, 2.45) is 0 Å². The Kier molecular flexibility index (Phi) is 4.51. The standard InChI is InChI=1S/C19H20N2O3/c1-14-6-2-5-9-17(14)20-10-12-21(13-11-20)18(22)15-7-3-4-8-16(15)19(23)24/h2-9H,10-13H2,1H3,(H,23,24)/p-1. The molecule has 124 valence electrons. The minimum Gasteiger partial charge on any atom is -0.545 e. The number of carboxylic acids is 1. The molecule has 0 spiro atoms. The molecule has 2 aromatic carbocycles. The highest BCUT2D eigenvalue weighted by Crippen LogP contribution is 2.21. The molecule has 0 radical (unpaired) electrons. The van der Waals surface area contributed by atoms with Crippen LogP contribution >= 0.6 is 0 Å². The summed E-state index contributed by atoms with van der Waals surface area (Å²) < 4.78 is 0. The Labute approximate surface area is 141 Å². The maximum absolute atomic E-state index is 12.7. The van der Waals surface area contributed by atoms with Gasteiger partial charge in [-0.1, -0.05) is 36.4 Å². The van der Waals surface area contributed by atoms with E-state index in [2.05, 4.69) is 24.0 Å². The molecule has 0 bridgehead atoms. The number of anilines is 1. The molecular weight excluding hydrogens is 304 g/mol. The SMILES string of the molecule is Cc1ccccc1N1CCN(C(=O)c2ccccc2C(=O)[O-])CC1. The zero-order valence-electron chi connectivity index (χ0n) is 13.6. The Morgan fingerprint density at radius 2 is 1.46 bits per heavy atom. The number of rotatable bonds is 3. The Morgan fingerprint density at radius 3 is 2.08 bits per heavy atom. The fraction of sp³-hybridized carbons (Fsp3) is 0.263. The summed E-state index contributed by atoms with van der Waals surface area (Å²) in [7, 11) is 0. The minimum atomic E-state index is -1.32. The van der Waals surface area contributed by atoms with Crippen molar-refractivity contribution >= 4 is 17.6 Å². The number of piperazine rings is 1. The summed E-state index contributed by atoms with van der Waals surface area (Å²) in [6.07, 6.45) is 0. The van der Waals surface area contributed by atoms with E-state index in [1.54, 1.807) is 23.1 Å². The monoisotopic (exact) mass is 323 g/mol. The predicted octanol–water partition coefficient (Wildman–Crippen LogP) is 1.32. The number of hydrogen-bond donors (Lipinski definition) is 0. The molecule has 1 saturated heterocycles. The first kappa shape index (κ1) is 16.1. The molecule has 0 atom stereocenters. The van der Waals surface area contributed by atoms with Gasteiger partial charge in [-0.2, -0.15) is 0 Å². The van der Waals surface area contributed by atoms with Crippen LogP contribution in [0, 0.1) is 6.92 Å². The number of nitrogens with zero attached hydrogens (tertiary/aromatic N) is 2. The Bertz CT molecular complexity index is 765. The molecule has 24 heavy (non-hydrogen) atoms. The number of aromatic carboxylic acids is 1. The van der Waals surface area contributed by atoms with Gasteiger partial charge in [-0.25, -0.2) is 0 Å². The van der Waals surface area contributed by atoms with Gasteiger partial charge in [-0.05, 0) is 24.6 Å². The van der Waals surface area contributed by atoms with E-state index in [9.17, 15) is 14.7 Å². The van der Waals surface area contributed by atoms with Gasteiger partial charge in [0.1, 0.15) is 0 Å². The van der Waals surface area contributed by atoms with Crippen LogP contribution in [0.1, 0.15) is 26.3 Å². The maximum atomic E-state index is 12.7. The van der Waals surface area contributed by atoms with Gasteiger partial charge >= 0.3 is 0 Å². The van der Waals surface area contributed by atoms with Crippen molar-refractivity contribution in [1.82, 2.24) is 4.90 Å². The highest BCUT2D eigenvalue weighted by atomic mass is 16.4. The third-order valence-corrected chi connectivity index (χ3v) is 4.40. The first-order valence-corrected chi connectivity index (χ1v) is 7.98. The molecular formula is C19H19N2O3-. The molecule has 1 aliphatic rings. The number of hydrogen-bond acceptors (Lipinski definition) is 4. The Hall–Kier alpha value is -2.82. The minimum absolute atomic E-state index is 0.0520. The lowest BCUT2D eigenvalue weighted by Gasteiger charge is -2.37. The van der Waals surface area contributed by atoms with Crippen LogP contribution in [0.15, 0.2) is 48.5 Å². The number of benzene rings is 2. The van der Waals surface area contributed by atoms with Crippen LogP contribution in [0.4, 0.5) is 5.69 Å². The Morgan fingerprint density at radius 1 is 0.875 bits per heavy atom. The second kappa shape index (κ2) is 6.74. The van der Waals surface area contributed by atoms with Gasteiger partial charge < -0.3 is 19.7 Å². The molecule has 2 aromatic rings. The summed E-state index contributed by atoms with van der Waals surface area (Å²) in [4.78, 5) is 27.8.